The summed E-state index contributed by atoms with van der Waals surface area (Å²) in [6, 6.07) is 5.69. The first kappa shape index (κ1) is 11.4. The van der Waals surface area contributed by atoms with Gasteiger partial charge in [-0.05, 0) is 36.1 Å². The summed E-state index contributed by atoms with van der Waals surface area (Å²) in [5, 5.41) is 0.723. The molecule has 4 heteroatoms. The van der Waals surface area contributed by atoms with Gasteiger partial charge in [0.1, 0.15) is 5.54 Å². The number of methoxy groups -OCH3 is 1. The van der Waals surface area contributed by atoms with Gasteiger partial charge in [0.15, 0.2) is 0 Å². The quantitative estimate of drug-likeness (QED) is 0.759. The fourth-order valence-corrected chi connectivity index (χ4v) is 2.36. The molecule has 1 aromatic rings. The Bertz CT molecular complexity index is 433. The Morgan fingerprint density at radius 2 is 2.25 bits per heavy atom. The van der Waals surface area contributed by atoms with Crippen LogP contribution in [0.1, 0.15) is 17.5 Å². The number of benzene rings is 1. The number of esters is 1. The van der Waals surface area contributed by atoms with Crippen molar-refractivity contribution >= 4 is 17.6 Å². The fraction of sp³-hybridized carbons (Fsp3) is 0.417. The maximum atomic E-state index is 11.6. The molecule has 2 N–H and O–H groups in total. The molecule has 1 aromatic carbocycles. The lowest BCUT2D eigenvalue weighted by atomic mass is 9.79. The molecule has 0 heterocycles. The van der Waals surface area contributed by atoms with E-state index in [1.807, 2.05) is 18.2 Å². The smallest absolute Gasteiger partial charge is 0.326 e. The lowest BCUT2D eigenvalue weighted by Crippen LogP contribution is -2.52. The first-order chi connectivity index (χ1) is 7.55. The average Bonchev–Trinajstić information content (AvgIpc) is 2.28. The lowest BCUT2D eigenvalue weighted by molar-refractivity contribution is -0.147. The Morgan fingerprint density at radius 3 is 2.94 bits per heavy atom. The Balaban J connectivity index is 2.30. The number of nitrogens with two attached hydrogens (primary N) is 1. The largest absolute Gasteiger partial charge is 0.468 e. The number of rotatable bonds is 1. The third-order valence-electron chi connectivity index (χ3n) is 3.11. The van der Waals surface area contributed by atoms with Crippen LogP contribution in [0.2, 0.25) is 5.02 Å². The molecule has 0 aromatic heterocycles. The minimum Gasteiger partial charge on any atom is -0.468 e. The summed E-state index contributed by atoms with van der Waals surface area (Å²) in [6.07, 6.45) is 1.89. The molecule has 0 aliphatic heterocycles. The zero-order valence-corrected chi connectivity index (χ0v) is 9.88. The van der Waals surface area contributed by atoms with Crippen molar-refractivity contribution in [3.63, 3.8) is 0 Å². The highest BCUT2D eigenvalue weighted by Gasteiger charge is 2.38. The summed E-state index contributed by atoms with van der Waals surface area (Å²) in [7, 11) is 1.37. The summed E-state index contributed by atoms with van der Waals surface area (Å²) < 4.78 is 4.74. The van der Waals surface area contributed by atoms with Gasteiger partial charge in [-0.2, -0.15) is 0 Å². The van der Waals surface area contributed by atoms with E-state index in [9.17, 15) is 4.79 Å². The molecule has 0 fully saturated rings. The van der Waals surface area contributed by atoms with E-state index in [-0.39, 0.29) is 5.97 Å². The number of hydrogen-bond donors (Lipinski definition) is 1. The summed E-state index contributed by atoms with van der Waals surface area (Å²) in [5.41, 5.74) is 7.44. The normalized spacial score (nSPS) is 23.7. The van der Waals surface area contributed by atoms with E-state index in [0.717, 1.165) is 17.0 Å². The molecule has 0 bridgehead atoms. The standard InChI is InChI=1S/C12H14ClNO2/c1-16-11(15)12(14)5-4-8-6-10(13)3-2-9(8)7-12/h2-3,6H,4-5,7,14H2,1H3. The Morgan fingerprint density at radius 1 is 1.50 bits per heavy atom. The third-order valence-corrected chi connectivity index (χ3v) is 3.34. The third kappa shape index (κ3) is 1.93. The molecule has 2 rings (SSSR count). The van der Waals surface area contributed by atoms with Gasteiger partial charge in [-0.3, -0.25) is 4.79 Å². The Kier molecular flexibility index (Phi) is 2.91. The second-order valence-corrected chi connectivity index (χ2v) is 4.67. The van der Waals surface area contributed by atoms with Crippen LogP contribution in [0, 0.1) is 0 Å². The van der Waals surface area contributed by atoms with Gasteiger partial charge in [0.2, 0.25) is 0 Å². The van der Waals surface area contributed by atoms with Gasteiger partial charge in [0.05, 0.1) is 7.11 Å². The van der Waals surface area contributed by atoms with Gasteiger partial charge >= 0.3 is 5.97 Å². The molecule has 1 atom stereocenters. The number of ether oxygens (including phenoxy) is 1. The van der Waals surface area contributed by atoms with Crippen LogP contribution in [0.3, 0.4) is 0 Å². The molecule has 0 saturated carbocycles. The van der Waals surface area contributed by atoms with E-state index in [4.69, 9.17) is 22.1 Å². The zero-order chi connectivity index (χ0) is 11.8. The molecular weight excluding hydrogens is 226 g/mol. The molecule has 0 radical (unpaired) electrons. The molecule has 86 valence electrons. The SMILES string of the molecule is COC(=O)C1(N)CCc2cc(Cl)ccc2C1. The van der Waals surface area contributed by atoms with Crippen molar-refractivity contribution in [1.29, 1.82) is 0 Å². The number of fused-ring (bicyclic) bond motifs is 1. The summed E-state index contributed by atoms with van der Waals surface area (Å²) >= 11 is 5.91. The maximum absolute atomic E-state index is 11.6. The van der Waals surface area contributed by atoms with E-state index in [0.29, 0.717) is 12.8 Å². The topological polar surface area (TPSA) is 52.3 Å². The first-order valence-corrected chi connectivity index (χ1v) is 5.57. The monoisotopic (exact) mass is 239 g/mol. The molecule has 0 amide bonds. The summed E-state index contributed by atoms with van der Waals surface area (Å²) in [6.45, 7) is 0. The second kappa shape index (κ2) is 4.07. The Hall–Kier alpha value is -1.06. The first-order valence-electron chi connectivity index (χ1n) is 5.20. The number of hydrogen-bond acceptors (Lipinski definition) is 3. The fourth-order valence-electron chi connectivity index (χ4n) is 2.16. The predicted molar refractivity (Wildman–Crippen MR) is 62.4 cm³/mol. The Labute approximate surface area is 99.5 Å². The summed E-state index contributed by atoms with van der Waals surface area (Å²) in [5.74, 6) is -0.340. The predicted octanol–water partition coefficient (Wildman–Crippen LogP) is 1.70. The van der Waals surface area contributed by atoms with Crippen molar-refractivity contribution < 1.29 is 9.53 Å². The minimum atomic E-state index is -0.879. The highest BCUT2D eigenvalue weighted by Crippen LogP contribution is 2.29. The van der Waals surface area contributed by atoms with E-state index >= 15 is 0 Å². The molecule has 1 aliphatic rings. The molecule has 16 heavy (non-hydrogen) atoms. The van der Waals surface area contributed by atoms with Gasteiger partial charge in [-0.1, -0.05) is 17.7 Å². The van der Waals surface area contributed by atoms with Gasteiger partial charge in [0.25, 0.3) is 0 Å². The van der Waals surface area contributed by atoms with Crippen molar-refractivity contribution in [2.24, 2.45) is 5.73 Å². The maximum Gasteiger partial charge on any atom is 0.326 e. The summed E-state index contributed by atoms with van der Waals surface area (Å²) in [4.78, 5) is 11.6. The van der Waals surface area contributed by atoms with Crippen LogP contribution < -0.4 is 5.73 Å². The van der Waals surface area contributed by atoms with Crippen molar-refractivity contribution in [2.45, 2.75) is 24.8 Å². The highest BCUT2D eigenvalue weighted by molar-refractivity contribution is 6.30. The van der Waals surface area contributed by atoms with Crippen LogP contribution in [0.15, 0.2) is 18.2 Å². The molecule has 1 unspecified atom stereocenters. The van der Waals surface area contributed by atoms with Crippen LogP contribution >= 0.6 is 11.6 Å². The van der Waals surface area contributed by atoms with Crippen molar-refractivity contribution in [3.05, 3.63) is 34.3 Å². The number of halogens is 1. The highest BCUT2D eigenvalue weighted by atomic mass is 35.5. The van der Waals surface area contributed by atoms with Crippen LogP contribution in [0.25, 0.3) is 0 Å². The second-order valence-electron chi connectivity index (χ2n) is 4.24. The molecule has 0 spiro atoms. The van der Waals surface area contributed by atoms with E-state index < -0.39 is 5.54 Å². The van der Waals surface area contributed by atoms with Gasteiger partial charge in [-0.25, -0.2) is 0 Å². The van der Waals surface area contributed by atoms with E-state index in [1.165, 1.54) is 12.7 Å². The molecule has 3 nitrogen and oxygen atoms in total. The number of carbonyl (C=O) groups excluding carboxylic acids is 1. The van der Waals surface area contributed by atoms with E-state index in [1.54, 1.807) is 0 Å². The molecular formula is C12H14ClNO2. The lowest BCUT2D eigenvalue weighted by Gasteiger charge is -2.32. The van der Waals surface area contributed by atoms with Crippen LogP contribution in [-0.2, 0) is 22.4 Å². The van der Waals surface area contributed by atoms with Crippen LogP contribution in [-0.4, -0.2) is 18.6 Å². The van der Waals surface area contributed by atoms with Crippen molar-refractivity contribution in [2.75, 3.05) is 7.11 Å². The average molecular weight is 240 g/mol. The number of aryl methyl sites for hydroxylation is 1. The number of carbonyl (C=O) groups is 1. The van der Waals surface area contributed by atoms with Crippen molar-refractivity contribution in [1.82, 2.24) is 0 Å². The molecule has 1 aliphatic carbocycles. The van der Waals surface area contributed by atoms with Crippen molar-refractivity contribution in [3.8, 4) is 0 Å². The van der Waals surface area contributed by atoms with Crippen LogP contribution in [0.4, 0.5) is 0 Å². The van der Waals surface area contributed by atoms with Gasteiger partial charge in [0, 0.05) is 11.4 Å². The van der Waals surface area contributed by atoms with E-state index in [2.05, 4.69) is 0 Å². The van der Waals surface area contributed by atoms with Gasteiger partial charge in [-0.15, -0.1) is 0 Å². The zero-order valence-electron chi connectivity index (χ0n) is 9.13. The van der Waals surface area contributed by atoms with Crippen LogP contribution in [0.5, 0.6) is 0 Å². The minimum absolute atomic E-state index is 0.340. The molecule has 0 saturated heterocycles. The van der Waals surface area contributed by atoms with Gasteiger partial charge < -0.3 is 10.5 Å².